The Hall–Kier alpha value is -2.05. The van der Waals surface area contributed by atoms with Gasteiger partial charge in [0.2, 0.25) is 5.91 Å². The van der Waals surface area contributed by atoms with Crippen LogP contribution in [0.2, 0.25) is 0 Å². The maximum absolute atomic E-state index is 12.5. The van der Waals surface area contributed by atoms with Gasteiger partial charge in [-0.25, -0.2) is 0 Å². The zero-order valence-electron chi connectivity index (χ0n) is 12.9. The second-order valence-electron chi connectivity index (χ2n) is 5.63. The fraction of sp³-hybridized carbons (Fsp3) is 0.500. The third kappa shape index (κ3) is 4.46. The minimum Gasteiger partial charge on any atom is -0.341 e. The molecule has 23 heavy (non-hydrogen) atoms. The number of hydrogen-bond donors (Lipinski definition) is 0. The van der Waals surface area contributed by atoms with Crippen LogP contribution in [0.5, 0.6) is 0 Å². The number of rotatable bonds is 2. The van der Waals surface area contributed by atoms with Gasteiger partial charge in [-0.3, -0.25) is 9.59 Å². The highest BCUT2D eigenvalue weighted by atomic mass is 19.4. The lowest BCUT2D eigenvalue weighted by Gasteiger charge is -2.23. The van der Waals surface area contributed by atoms with Crippen LogP contribution in [0.4, 0.5) is 13.2 Å². The summed E-state index contributed by atoms with van der Waals surface area (Å²) >= 11 is 0. The average Bonchev–Trinajstić information content (AvgIpc) is 2.73. The Morgan fingerprint density at radius 2 is 1.65 bits per heavy atom. The zero-order chi connectivity index (χ0) is 17.0. The smallest absolute Gasteiger partial charge is 0.341 e. The standard InChI is InChI=1S/C16H19F3N2O2/c1-12-5-2-3-6-13(12)11-14(22)20-7-4-8-21(10-9-20)15(23)16(17,18)19/h2-3,5-6H,4,7-11H2,1H3. The molecule has 0 saturated carbocycles. The average molecular weight is 328 g/mol. The molecule has 0 radical (unpaired) electrons. The van der Waals surface area contributed by atoms with Crippen molar-refractivity contribution in [2.75, 3.05) is 26.2 Å². The van der Waals surface area contributed by atoms with E-state index >= 15 is 0 Å². The van der Waals surface area contributed by atoms with E-state index in [-0.39, 0.29) is 32.0 Å². The normalized spacial score (nSPS) is 16.2. The lowest BCUT2D eigenvalue weighted by atomic mass is 10.1. The molecule has 0 unspecified atom stereocenters. The van der Waals surface area contributed by atoms with Crippen molar-refractivity contribution in [3.63, 3.8) is 0 Å². The number of amides is 2. The Balaban J connectivity index is 1.96. The van der Waals surface area contributed by atoms with Crippen LogP contribution in [0.15, 0.2) is 24.3 Å². The van der Waals surface area contributed by atoms with Crippen molar-refractivity contribution in [2.45, 2.75) is 25.9 Å². The summed E-state index contributed by atoms with van der Waals surface area (Å²) in [6, 6.07) is 7.51. The molecule has 0 aromatic heterocycles. The molecule has 1 aromatic rings. The molecule has 0 N–H and O–H groups in total. The predicted molar refractivity (Wildman–Crippen MR) is 78.7 cm³/mol. The number of carbonyl (C=O) groups is 2. The van der Waals surface area contributed by atoms with Gasteiger partial charge in [-0.05, 0) is 24.5 Å². The van der Waals surface area contributed by atoms with Crippen LogP contribution >= 0.6 is 0 Å². The first-order valence-corrected chi connectivity index (χ1v) is 7.47. The maximum atomic E-state index is 12.5. The summed E-state index contributed by atoms with van der Waals surface area (Å²) in [5.41, 5.74) is 1.91. The molecule has 1 aliphatic heterocycles. The van der Waals surface area contributed by atoms with Crippen LogP contribution in [0.3, 0.4) is 0 Å². The topological polar surface area (TPSA) is 40.6 Å². The largest absolute Gasteiger partial charge is 0.471 e. The van der Waals surface area contributed by atoms with E-state index in [2.05, 4.69) is 0 Å². The molecule has 1 saturated heterocycles. The van der Waals surface area contributed by atoms with Crippen molar-refractivity contribution >= 4 is 11.8 Å². The van der Waals surface area contributed by atoms with Crippen molar-refractivity contribution in [1.29, 1.82) is 0 Å². The molecule has 126 valence electrons. The van der Waals surface area contributed by atoms with Gasteiger partial charge >= 0.3 is 12.1 Å². The molecule has 0 aliphatic carbocycles. The Kier molecular flexibility index (Phi) is 5.28. The Bertz CT molecular complexity index is 587. The van der Waals surface area contributed by atoms with Crippen molar-refractivity contribution in [1.82, 2.24) is 9.80 Å². The maximum Gasteiger partial charge on any atom is 0.471 e. The van der Waals surface area contributed by atoms with Gasteiger partial charge in [-0.2, -0.15) is 13.2 Å². The number of benzene rings is 1. The minimum absolute atomic E-state index is 0.0203. The van der Waals surface area contributed by atoms with Gasteiger partial charge in [0.1, 0.15) is 0 Å². The van der Waals surface area contributed by atoms with E-state index in [0.29, 0.717) is 13.0 Å². The quantitative estimate of drug-likeness (QED) is 0.835. The fourth-order valence-electron chi connectivity index (χ4n) is 2.63. The summed E-state index contributed by atoms with van der Waals surface area (Å²) in [6.07, 6.45) is -4.29. The molecule has 4 nitrogen and oxygen atoms in total. The van der Waals surface area contributed by atoms with Crippen LogP contribution in [0, 0.1) is 6.92 Å². The molecular formula is C16H19F3N2O2. The van der Waals surface area contributed by atoms with E-state index in [1.165, 1.54) is 4.90 Å². The van der Waals surface area contributed by atoms with Gasteiger partial charge in [0.05, 0.1) is 6.42 Å². The van der Waals surface area contributed by atoms with Gasteiger partial charge in [0.15, 0.2) is 0 Å². The van der Waals surface area contributed by atoms with Gasteiger partial charge < -0.3 is 9.80 Å². The molecule has 1 aromatic carbocycles. The first-order valence-electron chi connectivity index (χ1n) is 7.47. The number of hydrogen-bond acceptors (Lipinski definition) is 2. The number of alkyl halides is 3. The number of aryl methyl sites for hydroxylation is 1. The molecule has 2 amide bonds. The van der Waals surface area contributed by atoms with Crippen LogP contribution in [-0.2, 0) is 16.0 Å². The van der Waals surface area contributed by atoms with Crippen LogP contribution in [0.25, 0.3) is 0 Å². The van der Waals surface area contributed by atoms with E-state index in [1.807, 2.05) is 31.2 Å². The Morgan fingerprint density at radius 3 is 2.30 bits per heavy atom. The summed E-state index contributed by atoms with van der Waals surface area (Å²) in [6.45, 7) is 2.35. The molecule has 2 rings (SSSR count). The second kappa shape index (κ2) is 7.02. The van der Waals surface area contributed by atoms with Crippen LogP contribution < -0.4 is 0 Å². The van der Waals surface area contributed by atoms with Crippen molar-refractivity contribution in [2.24, 2.45) is 0 Å². The molecular weight excluding hydrogens is 309 g/mol. The monoisotopic (exact) mass is 328 g/mol. The molecule has 0 spiro atoms. The first kappa shape index (κ1) is 17.3. The molecule has 0 bridgehead atoms. The van der Waals surface area contributed by atoms with Crippen LogP contribution in [0.1, 0.15) is 17.5 Å². The molecule has 1 aliphatic rings. The second-order valence-corrected chi connectivity index (χ2v) is 5.63. The number of nitrogens with zero attached hydrogens (tertiary/aromatic N) is 2. The Labute approximate surface area is 132 Å². The predicted octanol–water partition coefficient (Wildman–Crippen LogP) is 2.16. The molecule has 0 atom stereocenters. The van der Waals surface area contributed by atoms with E-state index < -0.39 is 12.1 Å². The van der Waals surface area contributed by atoms with Gasteiger partial charge in [-0.15, -0.1) is 0 Å². The third-order valence-electron chi connectivity index (χ3n) is 3.98. The summed E-state index contributed by atoms with van der Waals surface area (Å²) < 4.78 is 37.4. The lowest BCUT2D eigenvalue weighted by molar-refractivity contribution is -0.185. The van der Waals surface area contributed by atoms with E-state index in [0.717, 1.165) is 16.0 Å². The lowest BCUT2D eigenvalue weighted by Crippen LogP contribution is -2.43. The highest BCUT2D eigenvalue weighted by Gasteiger charge is 2.42. The Morgan fingerprint density at radius 1 is 1.04 bits per heavy atom. The summed E-state index contributed by atoms with van der Waals surface area (Å²) in [5, 5.41) is 0. The number of carbonyl (C=O) groups excluding carboxylic acids is 2. The molecule has 1 fully saturated rings. The van der Waals surface area contributed by atoms with Crippen molar-refractivity contribution in [3.05, 3.63) is 35.4 Å². The fourth-order valence-corrected chi connectivity index (χ4v) is 2.63. The first-order chi connectivity index (χ1) is 10.8. The van der Waals surface area contributed by atoms with E-state index in [4.69, 9.17) is 0 Å². The summed E-state index contributed by atoms with van der Waals surface area (Å²) in [5.74, 6) is -1.95. The van der Waals surface area contributed by atoms with Crippen molar-refractivity contribution < 1.29 is 22.8 Å². The van der Waals surface area contributed by atoms with Crippen molar-refractivity contribution in [3.8, 4) is 0 Å². The summed E-state index contributed by atoms with van der Waals surface area (Å²) in [7, 11) is 0. The number of halogens is 3. The van der Waals surface area contributed by atoms with Gasteiger partial charge in [0, 0.05) is 26.2 Å². The van der Waals surface area contributed by atoms with Gasteiger partial charge in [-0.1, -0.05) is 24.3 Å². The van der Waals surface area contributed by atoms with E-state index in [1.54, 1.807) is 0 Å². The zero-order valence-corrected chi connectivity index (χ0v) is 12.9. The van der Waals surface area contributed by atoms with Crippen LogP contribution in [-0.4, -0.2) is 54.0 Å². The highest BCUT2D eigenvalue weighted by Crippen LogP contribution is 2.20. The van der Waals surface area contributed by atoms with E-state index in [9.17, 15) is 22.8 Å². The SMILES string of the molecule is Cc1ccccc1CC(=O)N1CCCN(C(=O)C(F)(F)F)CC1. The minimum atomic E-state index is -4.86. The highest BCUT2D eigenvalue weighted by molar-refractivity contribution is 5.82. The molecule has 7 heteroatoms. The third-order valence-corrected chi connectivity index (χ3v) is 3.98. The van der Waals surface area contributed by atoms with Gasteiger partial charge in [0.25, 0.3) is 0 Å². The molecule has 1 heterocycles. The summed E-state index contributed by atoms with van der Waals surface area (Å²) in [4.78, 5) is 25.9.